The first-order valence-corrected chi connectivity index (χ1v) is 8.92. The fourth-order valence-corrected chi connectivity index (χ4v) is 3.50. The molecule has 4 nitrogen and oxygen atoms in total. The number of nitrogens with zero attached hydrogens (tertiary/aromatic N) is 2. The maximum atomic E-state index is 13.4. The molecule has 1 unspecified atom stereocenters. The fourth-order valence-electron chi connectivity index (χ4n) is 3.09. The minimum Gasteiger partial charge on any atom is -0.341 e. The monoisotopic (exact) mass is 422 g/mol. The molecule has 26 heavy (non-hydrogen) atoms. The van der Waals surface area contributed by atoms with Crippen molar-refractivity contribution in [2.45, 2.75) is 13.0 Å². The average molecular weight is 423 g/mol. The van der Waals surface area contributed by atoms with E-state index in [9.17, 15) is 18.4 Å². The lowest BCUT2D eigenvalue weighted by atomic mass is 10.1. The molecular formula is C19H17BrF2N2O2. The number of hydrogen-bond donors (Lipinski definition) is 0. The molecule has 1 heterocycles. The van der Waals surface area contributed by atoms with E-state index in [4.69, 9.17) is 0 Å². The molecule has 3 rings (SSSR count). The van der Waals surface area contributed by atoms with E-state index in [1.807, 2.05) is 24.3 Å². The number of benzene rings is 2. The molecule has 136 valence electrons. The average Bonchev–Trinajstić information content (AvgIpc) is 2.97. The Balaban J connectivity index is 1.73. The van der Waals surface area contributed by atoms with Crippen LogP contribution in [0.1, 0.15) is 12.0 Å². The smallest absolute Gasteiger partial charge is 0.239 e. The number of amides is 2. The molecule has 0 bridgehead atoms. The second kappa shape index (κ2) is 7.53. The minimum atomic E-state index is -0.839. The number of anilines is 1. The molecule has 1 fully saturated rings. The zero-order chi connectivity index (χ0) is 18.8. The van der Waals surface area contributed by atoms with Gasteiger partial charge in [0, 0.05) is 36.4 Å². The first kappa shape index (κ1) is 18.5. The predicted octanol–water partition coefficient (Wildman–Crippen LogP) is 3.74. The molecular weight excluding hydrogens is 406 g/mol. The number of hydrogen-bond acceptors (Lipinski definition) is 2. The summed E-state index contributed by atoms with van der Waals surface area (Å²) in [5.74, 6) is -3.08. The Labute approximate surface area is 158 Å². The molecule has 7 heteroatoms. The van der Waals surface area contributed by atoms with Gasteiger partial charge >= 0.3 is 0 Å². The van der Waals surface area contributed by atoms with Crippen LogP contribution in [-0.4, -0.2) is 30.3 Å². The lowest BCUT2D eigenvalue weighted by molar-refractivity contribution is -0.139. The van der Waals surface area contributed by atoms with Crippen LogP contribution >= 0.6 is 15.9 Å². The van der Waals surface area contributed by atoms with Gasteiger partial charge in [-0.3, -0.25) is 9.59 Å². The number of carbonyl (C=O) groups excluding carboxylic acids is 2. The van der Waals surface area contributed by atoms with Gasteiger partial charge in [0.15, 0.2) is 0 Å². The Kier molecular flexibility index (Phi) is 5.36. The van der Waals surface area contributed by atoms with Crippen LogP contribution in [0.15, 0.2) is 46.9 Å². The summed E-state index contributed by atoms with van der Waals surface area (Å²) in [6, 6.07) is 10.5. The maximum Gasteiger partial charge on any atom is 0.239 e. The van der Waals surface area contributed by atoms with E-state index in [-0.39, 0.29) is 18.1 Å². The van der Waals surface area contributed by atoms with Gasteiger partial charge < -0.3 is 9.80 Å². The molecule has 2 amide bonds. The molecule has 0 aliphatic carbocycles. The number of carbonyl (C=O) groups is 2. The summed E-state index contributed by atoms with van der Waals surface area (Å²) in [6.07, 6.45) is 0.316. The van der Waals surface area contributed by atoms with E-state index in [2.05, 4.69) is 15.9 Å². The highest BCUT2D eigenvalue weighted by Gasteiger charge is 2.39. The lowest BCUT2D eigenvalue weighted by Gasteiger charge is -2.22. The Morgan fingerprint density at radius 2 is 1.88 bits per heavy atom. The van der Waals surface area contributed by atoms with Gasteiger partial charge in [-0.1, -0.05) is 34.1 Å². The summed E-state index contributed by atoms with van der Waals surface area (Å²) in [5.41, 5.74) is 1.06. The predicted molar refractivity (Wildman–Crippen MR) is 97.4 cm³/mol. The molecule has 1 saturated heterocycles. The highest BCUT2D eigenvalue weighted by atomic mass is 79.9. The van der Waals surface area contributed by atoms with Crippen LogP contribution in [0.25, 0.3) is 0 Å². The van der Waals surface area contributed by atoms with Crippen LogP contribution in [0.3, 0.4) is 0 Å². The van der Waals surface area contributed by atoms with E-state index in [0.29, 0.717) is 13.0 Å². The van der Waals surface area contributed by atoms with Gasteiger partial charge in [0.1, 0.15) is 17.6 Å². The SMILES string of the molecule is CN(Cc1ccccc1Br)C(=O)C1CCN(c2cc(F)cc(F)c2)C1=O. The van der Waals surface area contributed by atoms with E-state index in [1.54, 1.807) is 7.05 Å². The maximum absolute atomic E-state index is 13.4. The van der Waals surface area contributed by atoms with Crippen LogP contribution in [0.5, 0.6) is 0 Å². The van der Waals surface area contributed by atoms with Crippen molar-refractivity contribution < 1.29 is 18.4 Å². The van der Waals surface area contributed by atoms with Crippen molar-refractivity contribution >= 4 is 33.4 Å². The van der Waals surface area contributed by atoms with Crippen molar-refractivity contribution in [3.05, 3.63) is 64.1 Å². The molecule has 0 radical (unpaired) electrons. The Morgan fingerprint density at radius 3 is 2.54 bits per heavy atom. The molecule has 0 aromatic heterocycles. The van der Waals surface area contributed by atoms with Gasteiger partial charge in [0.25, 0.3) is 0 Å². The van der Waals surface area contributed by atoms with Crippen LogP contribution < -0.4 is 4.90 Å². The summed E-state index contributed by atoms with van der Waals surface area (Å²) in [4.78, 5) is 28.1. The van der Waals surface area contributed by atoms with Crippen molar-refractivity contribution in [1.82, 2.24) is 4.90 Å². The van der Waals surface area contributed by atoms with E-state index in [1.165, 1.54) is 9.80 Å². The van der Waals surface area contributed by atoms with Crippen molar-refractivity contribution in [1.29, 1.82) is 0 Å². The number of rotatable bonds is 4. The quantitative estimate of drug-likeness (QED) is 0.704. The third-order valence-corrected chi connectivity index (χ3v) is 5.18. The molecule has 1 atom stereocenters. The highest BCUT2D eigenvalue weighted by Crippen LogP contribution is 2.28. The summed E-state index contributed by atoms with van der Waals surface area (Å²) in [5, 5.41) is 0. The minimum absolute atomic E-state index is 0.135. The molecule has 0 saturated carbocycles. The molecule has 0 spiro atoms. The Bertz CT molecular complexity index is 839. The van der Waals surface area contributed by atoms with Crippen LogP contribution in [-0.2, 0) is 16.1 Å². The third-order valence-electron chi connectivity index (χ3n) is 4.40. The van der Waals surface area contributed by atoms with Gasteiger partial charge in [-0.25, -0.2) is 8.78 Å². The van der Waals surface area contributed by atoms with Crippen LogP contribution in [0.4, 0.5) is 14.5 Å². The molecule has 1 aliphatic rings. The number of halogens is 3. The zero-order valence-electron chi connectivity index (χ0n) is 14.1. The van der Waals surface area contributed by atoms with Gasteiger partial charge in [-0.2, -0.15) is 0 Å². The summed E-state index contributed by atoms with van der Waals surface area (Å²) >= 11 is 3.44. The highest BCUT2D eigenvalue weighted by molar-refractivity contribution is 9.10. The van der Waals surface area contributed by atoms with Gasteiger partial charge in [0.2, 0.25) is 11.8 Å². The second-order valence-corrected chi connectivity index (χ2v) is 7.10. The van der Waals surface area contributed by atoms with Gasteiger partial charge in [0.05, 0.1) is 0 Å². The Hall–Kier alpha value is -2.28. The van der Waals surface area contributed by atoms with Gasteiger partial charge in [-0.05, 0) is 30.2 Å². The van der Waals surface area contributed by atoms with E-state index in [0.717, 1.165) is 28.2 Å². The van der Waals surface area contributed by atoms with E-state index < -0.39 is 23.5 Å². The Morgan fingerprint density at radius 1 is 1.23 bits per heavy atom. The topological polar surface area (TPSA) is 40.6 Å². The second-order valence-electron chi connectivity index (χ2n) is 6.24. The van der Waals surface area contributed by atoms with Crippen molar-refractivity contribution in [2.24, 2.45) is 5.92 Å². The standard InChI is InChI=1S/C19H17BrF2N2O2/c1-23(11-12-4-2-3-5-17(12)20)18(25)16-6-7-24(19(16)26)15-9-13(21)8-14(22)10-15/h2-5,8-10,16H,6-7,11H2,1H3. The van der Waals surface area contributed by atoms with Crippen molar-refractivity contribution in [3.8, 4) is 0 Å². The molecule has 2 aromatic rings. The van der Waals surface area contributed by atoms with E-state index >= 15 is 0 Å². The third kappa shape index (κ3) is 3.77. The first-order valence-electron chi connectivity index (χ1n) is 8.12. The largest absolute Gasteiger partial charge is 0.341 e. The molecule has 0 N–H and O–H groups in total. The van der Waals surface area contributed by atoms with Gasteiger partial charge in [-0.15, -0.1) is 0 Å². The van der Waals surface area contributed by atoms with Crippen LogP contribution in [0, 0.1) is 17.6 Å². The van der Waals surface area contributed by atoms with Crippen molar-refractivity contribution in [3.63, 3.8) is 0 Å². The first-order chi connectivity index (χ1) is 12.4. The van der Waals surface area contributed by atoms with Crippen molar-refractivity contribution in [2.75, 3.05) is 18.5 Å². The summed E-state index contributed by atoms with van der Waals surface area (Å²) < 4.78 is 27.7. The summed E-state index contributed by atoms with van der Waals surface area (Å²) in [6.45, 7) is 0.611. The normalized spacial score (nSPS) is 16.8. The lowest BCUT2D eigenvalue weighted by Crippen LogP contribution is -2.37. The summed E-state index contributed by atoms with van der Waals surface area (Å²) in [7, 11) is 1.64. The van der Waals surface area contributed by atoms with Crippen LogP contribution in [0.2, 0.25) is 0 Å². The molecule has 2 aromatic carbocycles. The fraction of sp³-hybridized carbons (Fsp3) is 0.263. The molecule has 1 aliphatic heterocycles. The zero-order valence-corrected chi connectivity index (χ0v) is 15.7.